The van der Waals surface area contributed by atoms with Gasteiger partial charge in [-0.25, -0.2) is 0 Å². The second kappa shape index (κ2) is 7.01. The van der Waals surface area contributed by atoms with Crippen molar-refractivity contribution in [1.29, 1.82) is 0 Å². The first kappa shape index (κ1) is 14.5. The molecule has 0 aliphatic heterocycles. The van der Waals surface area contributed by atoms with Gasteiger partial charge in [0.05, 0.1) is 7.11 Å². The minimum Gasteiger partial charge on any atom is -0.496 e. The molecule has 18 heavy (non-hydrogen) atoms. The predicted molar refractivity (Wildman–Crippen MR) is 72.5 cm³/mol. The molecule has 0 fully saturated rings. The van der Waals surface area contributed by atoms with Crippen LogP contribution in [0.15, 0.2) is 18.2 Å². The fourth-order valence-electron chi connectivity index (χ4n) is 1.88. The van der Waals surface area contributed by atoms with E-state index in [1.165, 1.54) is 0 Å². The van der Waals surface area contributed by atoms with Crippen LogP contribution in [0.3, 0.4) is 0 Å². The maximum absolute atomic E-state index is 11.6. The molecule has 4 heteroatoms. The van der Waals surface area contributed by atoms with Crippen LogP contribution in [0.2, 0.25) is 0 Å². The van der Waals surface area contributed by atoms with Crippen LogP contribution in [0, 0.1) is 0 Å². The van der Waals surface area contributed by atoms with Gasteiger partial charge in [0.15, 0.2) is 0 Å². The molecule has 0 bridgehead atoms. The minimum atomic E-state index is 0.0753. The molecule has 0 aliphatic carbocycles. The molecule has 0 radical (unpaired) electrons. The number of methoxy groups -OCH3 is 1. The van der Waals surface area contributed by atoms with Crippen LogP contribution in [0.1, 0.15) is 24.5 Å². The lowest BCUT2D eigenvalue weighted by atomic mass is 10.1. The molecule has 0 aromatic heterocycles. The number of hydrogen-bond donors (Lipinski definition) is 1. The van der Waals surface area contributed by atoms with E-state index >= 15 is 0 Å². The highest BCUT2D eigenvalue weighted by Gasteiger charge is 2.09. The normalized spacial score (nSPS) is 10.2. The van der Waals surface area contributed by atoms with E-state index in [9.17, 15) is 4.79 Å². The van der Waals surface area contributed by atoms with E-state index in [0.717, 1.165) is 23.3 Å². The van der Waals surface area contributed by atoms with Gasteiger partial charge in [0, 0.05) is 26.6 Å². The Morgan fingerprint density at radius 2 is 2.17 bits per heavy atom. The summed E-state index contributed by atoms with van der Waals surface area (Å²) in [5.41, 5.74) is 7.65. The number of nitrogens with zero attached hydrogens (tertiary/aromatic N) is 1. The summed E-state index contributed by atoms with van der Waals surface area (Å²) < 4.78 is 5.29. The molecule has 100 valence electrons. The van der Waals surface area contributed by atoms with Crippen LogP contribution in [-0.2, 0) is 17.8 Å². The molecule has 1 rings (SSSR count). The number of rotatable bonds is 6. The Labute approximate surface area is 109 Å². The van der Waals surface area contributed by atoms with E-state index in [0.29, 0.717) is 19.5 Å². The second-order valence-electron chi connectivity index (χ2n) is 4.29. The number of nitrogens with two attached hydrogens (primary N) is 1. The lowest BCUT2D eigenvalue weighted by molar-refractivity contribution is -0.130. The zero-order valence-corrected chi connectivity index (χ0v) is 11.4. The number of benzene rings is 1. The zero-order valence-electron chi connectivity index (χ0n) is 11.4. The summed E-state index contributed by atoms with van der Waals surface area (Å²) in [5, 5.41) is 0. The molecule has 2 N–H and O–H groups in total. The fraction of sp³-hybridized carbons (Fsp3) is 0.500. The minimum absolute atomic E-state index is 0.0753. The van der Waals surface area contributed by atoms with Gasteiger partial charge in [0.2, 0.25) is 5.91 Å². The van der Waals surface area contributed by atoms with Gasteiger partial charge in [-0.15, -0.1) is 0 Å². The smallest absolute Gasteiger partial charge is 0.223 e. The number of aryl methyl sites for hydroxylation is 1. The molecule has 0 unspecified atom stereocenters. The summed E-state index contributed by atoms with van der Waals surface area (Å²) in [6.07, 6.45) is 1.31. The first-order valence-corrected chi connectivity index (χ1v) is 6.22. The number of hydrogen-bond acceptors (Lipinski definition) is 3. The summed E-state index contributed by atoms with van der Waals surface area (Å²) >= 11 is 0. The van der Waals surface area contributed by atoms with Gasteiger partial charge in [-0.05, 0) is 23.6 Å². The molecular weight excluding hydrogens is 228 g/mol. The summed E-state index contributed by atoms with van der Waals surface area (Å²) in [7, 11) is 3.47. The summed E-state index contributed by atoms with van der Waals surface area (Å²) in [6.45, 7) is 3.09. The molecule has 0 spiro atoms. The van der Waals surface area contributed by atoms with E-state index in [1.54, 1.807) is 19.1 Å². The SMILES string of the molecule is CCc1cc(CN(C)C(=O)CCN)ccc1OC. The van der Waals surface area contributed by atoms with Gasteiger partial charge >= 0.3 is 0 Å². The molecule has 0 saturated heterocycles. The topological polar surface area (TPSA) is 55.6 Å². The monoisotopic (exact) mass is 250 g/mol. The van der Waals surface area contributed by atoms with Crippen LogP contribution < -0.4 is 10.5 Å². The van der Waals surface area contributed by atoms with Crippen molar-refractivity contribution in [2.45, 2.75) is 26.3 Å². The quantitative estimate of drug-likeness (QED) is 0.833. The van der Waals surface area contributed by atoms with Gasteiger partial charge in [0.25, 0.3) is 0 Å². The van der Waals surface area contributed by atoms with Gasteiger partial charge in [-0.3, -0.25) is 4.79 Å². The van der Waals surface area contributed by atoms with E-state index in [2.05, 4.69) is 13.0 Å². The third-order valence-electron chi connectivity index (χ3n) is 2.93. The Morgan fingerprint density at radius 1 is 1.44 bits per heavy atom. The highest BCUT2D eigenvalue weighted by Crippen LogP contribution is 2.21. The second-order valence-corrected chi connectivity index (χ2v) is 4.29. The van der Waals surface area contributed by atoms with Crippen molar-refractivity contribution < 1.29 is 9.53 Å². The van der Waals surface area contributed by atoms with Gasteiger partial charge in [-0.1, -0.05) is 19.1 Å². The Balaban J connectivity index is 2.76. The largest absolute Gasteiger partial charge is 0.496 e. The molecule has 0 heterocycles. The van der Waals surface area contributed by atoms with Gasteiger partial charge in [-0.2, -0.15) is 0 Å². The van der Waals surface area contributed by atoms with Crippen molar-refractivity contribution >= 4 is 5.91 Å². The third-order valence-corrected chi connectivity index (χ3v) is 2.93. The van der Waals surface area contributed by atoms with Crippen LogP contribution >= 0.6 is 0 Å². The summed E-state index contributed by atoms with van der Waals surface area (Å²) in [4.78, 5) is 13.3. The first-order chi connectivity index (χ1) is 8.62. The zero-order chi connectivity index (χ0) is 13.5. The maximum Gasteiger partial charge on any atom is 0.223 e. The van der Waals surface area contributed by atoms with Crippen molar-refractivity contribution in [3.05, 3.63) is 29.3 Å². The van der Waals surface area contributed by atoms with Gasteiger partial charge in [0.1, 0.15) is 5.75 Å². The number of amides is 1. The Morgan fingerprint density at radius 3 is 2.72 bits per heavy atom. The number of ether oxygens (including phenoxy) is 1. The number of carbonyl (C=O) groups excluding carboxylic acids is 1. The molecule has 1 aromatic rings. The standard InChI is InChI=1S/C14H22N2O2/c1-4-12-9-11(5-6-13(12)18-3)10-16(2)14(17)7-8-15/h5-6,9H,4,7-8,10,15H2,1-3H3. The van der Waals surface area contributed by atoms with Crippen LogP contribution in [0.25, 0.3) is 0 Å². The predicted octanol–water partition coefficient (Wildman–Crippen LogP) is 1.56. The lowest BCUT2D eigenvalue weighted by Crippen LogP contribution is -2.27. The molecular formula is C14H22N2O2. The average molecular weight is 250 g/mol. The van der Waals surface area contributed by atoms with E-state index in [1.807, 2.05) is 12.1 Å². The summed E-state index contributed by atoms with van der Waals surface area (Å²) in [6, 6.07) is 6.03. The van der Waals surface area contributed by atoms with Gasteiger partial charge < -0.3 is 15.4 Å². The van der Waals surface area contributed by atoms with E-state index in [4.69, 9.17) is 10.5 Å². The average Bonchev–Trinajstić information content (AvgIpc) is 2.38. The lowest BCUT2D eigenvalue weighted by Gasteiger charge is -2.18. The molecule has 4 nitrogen and oxygen atoms in total. The van der Waals surface area contributed by atoms with Crippen LogP contribution in [0.4, 0.5) is 0 Å². The van der Waals surface area contributed by atoms with Crippen molar-refractivity contribution in [2.24, 2.45) is 5.73 Å². The van der Waals surface area contributed by atoms with E-state index < -0.39 is 0 Å². The van der Waals surface area contributed by atoms with Crippen molar-refractivity contribution in [2.75, 3.05) is 20.7 Å². The van der Waals surface area contributed by atoms with Crippen molar-refractivity contribution in [3.63, 3.8) is 0 Å². The van der Waals surface area contributed by atoms with Crippen LogP contribution in [-0.4, -0.2) is 31.5 Å². The van der Waals surface area contributed by atoms with Crippen LogP contribution in [0.5, 0.6) is 5.75 Å². The molecule has 0 saturated carbocycles. The fourth-order valence-corrected chi connectivity index (χ4v) is 1.88. The highest BCUT2D eigenvalue weighted by molar-refractivity contribution is 5.76. The molecule has 1 aromatic carbocycles. The highest BCUT2D eigenvalue weighted by atomic mass is 16.5. The maximum atomic E-state index is 11.6. The van der Waals surface area contributed by atoms with Crippen molar-refractivity contribution in [1.82, 2.24) is 4.90 Å². The van der Waals surface area contributed by atoms with E-state index in [-0.39, 0.29) is 5.91 Å². The Bertz CT molecular complexity index is 405. The summed E-state index contributed by atoms with van der Waals surface area (Å²) in [5.74, 6) is 0.976. The molecule has 0 atom stereocenters. The Kier molecular flexibility index (Phi) is 5.65. The molecule has 1 amide bonds. The molecule has 0 aliphatic rings. The first-order valence-electron chi connectivity index (χ1n) is 6.22. The van der Waals surface area contributed by atoms with Crippen molar-refractivity contribution in [3.8, 4) is 5.75 Å². The third kappa shape index (κ3) is 3.74. The Hall–Kier alpha value is -1.55. The number of carbonyl (C=O) groups is 1.